The predicted octanol–water partition coefficient (Wildman–Crippen LogP) is 3.51. The molecule has 21 heavy (non-hydrogen) atoms. The minimum absolute atomic E-state index is 0.311. The smallest absolute Gasteiger partial charge is 0.123 e. The van der Waals surface area contributed by atoms with E-state index in [9.17, 15) is 5.11 Å². The standard InChI is InChI=1S/C18H27NO2/c1-2-19-10-11-21-17-9-8-15(12-16(17)13-19)18(20)14-6-4-3-5-7-14/h8-9,12,14,18,20H,2-7,10-11,13H2,1H3. The largest absolute Gasteiger partial charge is 0.492 e. The molecular weight excluding hydrogens is 262 g/mol. The van der Waals surface area contributed by atoms with Gasteiger partial charge in [-0.2, -0.15) is 0 Å². The maximum atomic E-state index is 10.7. The summed E-state index contributed by atoms with van der Waals surface area (Å²) in [5, 5.41) is 10.7. The van der Waals surface area contributed by atoms with Crippen molar-refractivity contribution < 1.29 is 9.84 Å². The Morgan fingerprint density at radius 1 is 1.29 bits per heavy atom. The van der Waals surface area contributed by atoms with E-state index < -0.39 is 0 Å². The highest BCUT2D eigenvalue weighted by Gasteiger charge is 2.24. The molecule has 1 heterocycles. The van der Waals surface area contributed by atoms with Crippen LogP contribution in [0.25, 0.3) is 0 Å². The van der Waals surface area contributed by atoms with Gasteiger partial charge in [0.05, 0.1) is 6.10 Å². The van der Waals surface area contributed by atoms with Crippen LogP contribution in [0.4, 0.5) is 0 Å². The lowest BCUT2D eigenvalue weighted by molar-refractivity contribution is 0.0847. The van der Waals surface area contributed by atoms with Crippen molar-refractivity contribution in [2.45, 2.75) is 51.7 Å². The number of aliphatic hydroxyl groups excluding tert-OH is 1. The van der Waals surface area contributed by atoms with Crippen molar-refractivity contribution in [2.24, 2.45) is 5.92 Å². The highest BCUT2D eigenvalue weighted by atomic mass is 16.5. The highest BCUT2D eigenvalue weighted by Crippen LogP contribution is 2.36. The van der Waals surface area contributed by atoms with Crippen LogP contribution < -0.4 is 4.74 Å². The average molecular weight is 289 g/mol. The molecule has 1 fully saturated rings. The molecule has 1 aromatic carbocycles. The SMILES string of the molecule is CCN1CCOc2ccc(C(O)C3CCCCC3)cc2C1. The van der Waals surface area contributed by atoms with Crippen LogP contribution in [0.3, 0.4) is 0 Å². The first-order valence-corrected chi connectivity index (χ1v) is 8.44. The lowest BCUT2D eigenvalue weighted by Gasteiger charge is -2.27. The number of likely N-dealkylation sites (N-methyl/N-ethyl adjacent to an activating group) is 1. The Balaban J connectivity index is 1.79. The molecule has 0 saturated heterocycles. The minimum atomic E-state index is -0.311. The van der Waals surface area contributed by atoms with Crippen LogP contribution in [0, 0.1) is 5.92 Å². The zero-order valence-electron chi connectivity index (χ0n) is 13.1. The number of rotatable bonds is 3. The van der Waals surface area contributed by atoms with Gasteiger partial charge in [-0.1, -0.05) is 32.3 Å². The summed E-state index contributed by atoms with van der Waals surface area (Å²) >= 11 is 0. The van der Waals surface area contributed by atoms with Crippen molar-refractivity contribution in [3.63, 3.8) is 0 Å². The fourth-order valence-corrected chi connectivity index (χ4v) is 3.64. The van der Waals surface area contributed by atoms with E-state index in [2.05, 4.69) is 30.0 Å². The van der Waals surface area contributed by atoms with Crippen molar-refractivity contribution in [3.05, 3.63) is 29.3 Å². The molecule has 1 unspecified atom stereocenters. The molecule has 116 valence electrons. The number of benzene rings is 1. The molecule has 3 heteroatoms. The van der Waals surface area contributed by atoms with Gasteiger partial charge in [0.15, 0.2) is 0 Å². The number of ether oxygens (including phenoxy) is 1. The number of fused-ring (bicyclic) bond motifs is 1. The summed E-state index contributed by atoms with van der Waals surface area (Å²) in [6.45, 7) is 5.89. The molecule has 1 saturated carbocycles. The zero-order chi connectivity index (χ0) is 14.7. The fraction of sp³-hybridized carbons (Fsp3) is 0.667. The maximum absolute atomic E-state index is 10.7. The molecule has 1 atom stereocenters. The van der Waals surface area contributed by atoms with E-state index in [0.717, 1.165) is 50.4 Å². The molecule has 3 rings (SSSR count). The lowest BCUT2D eigenvalue weighted by atomic mass is 9.82. The van der Waals surface area contributed by atoms with Crippen molar-refractivity contribution in [2.75, 3.05) is 19.7 Å². The van der Waals surface area contributed by atoms with E-state index in [0.29, 0.717) is 5.92 Å². The topological polar surface area (TPSA) is 32.7 Å². The van der Waals surface area contributed by atoms with Crippen molar-refractivity contribution in [1.29, 1.82) is 0 Å². The van der Waals surface area contributed by atoms with Crippen molar-refractivity contribution >= 4 is 0 Å². The van der Waals surface area contributed by atoms with Gasteiger partial charge in [0, 0.05) is 18.7 Å². The van der Waals surface area contributed by atoms with Crippen LogP contribution in [-0.4, -0.2) is 29.7 Å². The Labute approximate surface area is 127 Å². The average Bonchev–Trinajstić information content (AvgIpc) is 2.76. The second kappa shape index (κ2) is 6.80. The number of aliphatic hydroxyl groups is 1. The maximum Gasteiger partial charge on any atom is 0.123 e. The molecule has 0 bridgehead atoms. The van der Waals surface area contributed by atoms with Crippen LogP contribution >= 0.6 is 0 Å². The molecule has 0 amide bonds. The summed E-state index contributed by atoms with van der Waals surface area (Å²) in [5.41, 5.74) is 2.30. The summed E-state index contributed by atoms with van der Waals surface area (Å²) < 4.78 is 5.84. The van der Waals surface area contributed by atoms with Crippen molar-refractivity contribution in [1.82, 2.24) is 4.90 Å². The summed E-state index contributed by atoms with van der Waals surface area (Å²) in [4.78, 5) is 2.39. The highest BCUT2D eigenvalue weighted by molar-refractivity contribution is 5.38. The number of nitrogens with zero attached hydrogens (tertiary/aromatic N) is 1. The van der Waals surface area contributed by atoms with Gasteiger partial charge in [0.2, 0.25) is 0 Å². The Kier molecular flexibility index (Phi) is 4.81. The summed E-state index contributed by atoms with van der Waals surface area (Å²) in [6, 6.07) is 6.28. The molecule has 1 aliphatic carbocycles. The number of hydrogen-bond acceptors (Lipinski definition) is 3. The van der Waals surface area contributed by atoms with Gasteiger partial charge < -0.3 is 9.84 Å². The lowest BCUT2D eigenvalue weighted by Crippen LogP contribution is -2.25. The third kappa shape index (κ3) is 3.41. The molecule has 1 N–H and O–H groups in total. The quantitative estimate of drug-likeness (QED) is 0.924. The summed E-state index contributed by atoms with van der Waals surface area (Å²) in [6.07, 6.45) is 5.87. The third-order valence-corrected chi connectivity index (χ3v) is 5.03. The first-order valence-electron chi connectivity index (χ1n) is 8.44. The van der Waals surface area contributed by atoms with Gasteiger partial charge in [-0.15, -0.1) is 0 Å². The normalized spacial score (nSPS) is 22.2. The Bertz CT molecular complexity index is 468. The Morgan fingerprint density at radius 3 is 2.86 bits per heavy atom. The molecule has 1 aromatic rings. The van der Waals surface area contributed by atoms with Crippen LogP contribution in [0.5, 0.6) is 5.75 Å². The fourth-order valence-electron chi connectivity index (χ4n) is 3.64. The molecule has 2 aliphatic rings. The third-order valence-electron chi connectivity index (χ3n) is 5.03. The van der Waals surface area contributed by atoms with E-state index in [4.69, 9.17) is 4.74 Å². The number of hydrogen-bond donors (Lipinski definition) is 1. The van der Waals surface area contributed by atoms with E-state index in [1.165, 1.54) is 24.8 Å². The van der Waals surface area contributed by atoms with Gasteiger partial charge in [0.25, 0.3) is 0 Å². The van der Waals surface area contributed by atoms with Gasteiger partial charge in [-0.25, -0.2) is 0 Å². The second-order valence-electron chi connectivity index (χ2n) is 6.43. The molecule has 0 aromatic heterocycles. The van der Waals surface area contributed by atoms with Crippen LogP contribution in [0.15, 0.2) is 18.2 Å². The molecule has 3 nitrogen and oxygen atoms in total. The Morgan fingerprint density at radius 2 is 2.10 bits per heavy atom. The van der Waals surface area contributed by atoms with Gasteiger partial charge in [-0.05, 0) is 43.0 Å². The van der Waals surface area contributed by atoms with Gasteiger partial charge >= 0.3 is 0 Å². The van der Waals surface area contributed by atoms with Gasteiger partial charge in [-0.3, -0.25) is 4.90 Å². The Hall–Kier alpha value is -1.06. The summed E-state index contributed by atoms with van der Waals surface area (Å²) in [5.74, 6) is 1.43. The molecule has 1 aliphatic heterocycles. The molecular formula is C18H27NO2. The zero-order valence-corrected chi connectivity index (χ0v) is 13.1. The molecule has 0 radical (unpaired) electrons. The monoisotopic (exact) mass is 289 g/mol. The van der Waals surface area contributed by atoms with Crippen molar-refractivity contribution in [3.8, 4) is 5.75 Å². The van der Waals surface area contributed by atoms with E-state index in [1.54, 1.807) is 0 Å². The van der Waals surface area contributed by atoms with E-state index in [1.807, 2.05) is 0 Å². The van der Waals surface area contributed by atoms with E-state index in [-0.39, 0.29) is 6.10 Å². The summed E-state index contributed by atoms with van der Waals surface area (Å²) in [7, 11) is 0. The van der Waals surface area contributed by atoms with Gasteiger partial charge in [0.1, 0.15) is 12.4 Å². The predicted molar refractivity (Wildman–Crippen MR) is 84.4 cm³/mol. The van der Waals surface area contributed by atoms with Crippen LogP contribution in [-0.2, 0) is 6.54 Å². The van der Waals surface area contributed by atoms with E-state index >= 15 is 0 Å². The van der Waals surface area contributed by atoms with Crippen LogP contribution in [0.2, 0.25) is 0 Å². The first kappa shape index (κ1) is 14.9. The first-order chi connectivity index (χ1) is 10.3. The second-order valence-corrected chi connectivity index (χ2v) is 6.43. The van der Waals surface area contributed by atoms with Crippen LogP contribution in [0.1, 0.15) is 56.3 Å². The minimum Gasteiger partial charge on any atom is -0.492 e. The molecule has 0 spiro atoms.